The molecule has 4 aliphatic heterocycles. The molecule has 0 aromatic heterocycles. The van der Waals surface area contributed by atoms with Crippen molar-refractivity contribution in [2.45, 2.75) is 159 Å². The van der Waals surface area contributed by atoms with Gasteiger partial charge >= 0.3 is 0 Å². The fraction of sp³-hybridized carbons (Fsp3) is 0.947. The third-order valence-corrected chi connectivity index (χ3v) is 15.2. The molecule has 4 aliphatic carbocycles. The molecule has 12 nitrogen and oxygen atoms in total. The summed E-state index contributed by atoms with van der Waals surface area (Å²) in [6.07, 6.45) is -0.517. The summed E-state index contributed by atoms with van der Waals surface area (Å²) < 4.78 is 36.8. The topological polar surface area (TPSA) is 177 Å². The average Bonchev–Trinajstić information content (AvgIpc) is 3.55. The first-order valence-electron chi connectivity index (χ1n) is 19.4. The minimum atomic E-state index is -1.59. The lowest BCUT2D eigenvalue weighted by Crippen LogP contribution is -2.63. The molecule has 3 saturated carbocycles. The number of aliphatic hydroxyl groups is 6. The molecule has 284 valence electrons. The number of allylic oxidation sites excluding steroid dienone is 1. The largest absolute Gasteiger partial charge is 0.394 e. The minimum Gasteiger partial charge on any atom is -0.394 e. The van der Waals surface area contributed by atoms with Crippen molar-refractivity contribution >= 4 is 0 Å². The van der Waals surface area contributed by atoms with Crippen LogP contribution in [-0.2, 0) is 28.4 Å². The normalized spacial score (nSPS) is 57.8. The molecule has 0 aromatic rings. The molecule has 1 spiro atoms. The van der Waals surface area contributed by atoms with Gasteiger partial charge in [-0.2, -0.15) is 0 Å². The Bertz CT molecular complexity index is 1270. The van der Waals surface area contributed by atoms with Crippen LogP contribution < -0.4 is 0 Å². The number of hydrogen-bond acceptors (Lipinski definition) is 12. The van der Waals surface area contributed by atoms with Gasteiger partial charge in [0, 0.05) is 12.3 Å². The molecule has 7 fully saturated rings. The van der Waals surface area contributed by atoms with Crippen molar-refractivity contribution in [1.29, 1.82) is 0 Å². The van der Waals surface area contributed by atoms with E-state index in [0.717, 1.165) is 45.1 Å². The number of aliphatic hydroxyl groups excluding tert-OH is 6. The molecular weight excluding hydrogens is 648 g/mol. The van der Waals surface area contributed by atoms with E-state index in [2.05, 4.69) is 33.8 Å². The van der Waals surface area contributed by atoms with Gasteiger partial charge in [-0.3, -0.25) is 0 Å². The maximum absolute atomic E-state index is 11.1. The molecule has 4 heterocycles. The Morgan fingerprint density at radius 1 is 0.860 bits per heavy atom. The van der Waals surface area contributed by atoms with Crippen LogP contribution in [0.1, 0.15) is 85.5 Å². The highest BCUT2D eigenvalue weighted by atomic mass is 16.7. The smallest absolute Gasteiger partial charge is 0.186 e. The Balaban J connectivity index is 0.915. The van der Waals surface area contributed by atoms with Crippen LogP contribution in [0.2, 0.25) is 0 Å². The highest BCUT2D eigenvalue weighted by Crippen LogP contribution is 2.70. The van der Waals surface area contributed by atoms with Crippen molar-refractivity contribution in [3.8, 4) is 0 Å². The van der Waals surface area contributed by atoms with Crippen molar-refractivity contribution < 1.29 is 59.1 Å². The number of fused-ring (bicyclic) bond motifs is 7. The first-order valence-corrected chi connectivity index (χ1v) is 19.4. The Labute approximate surface area is 295 Å². The molecule has 4 saturated heterocycles. The van der Waals surface area contributed by atoms with Gasteiger partial charge in [0.2, 0.25) is 0 Å². The van der Waals surface area contributed by atoms with Gasteiger partial charge < -0.3 is 59.1 Å². The van der Waals surface area contributed by atoms with E-state index in [1.54, 1.807) is 0 Å². The van der Waals surface area contributed by atoms with Crippen LogP contribution >= 0.6 is 0 Å². The highest BCUT2D eigenvalue weighted by molar-refractivity contribution is 5.26. The lowest BCUT2D eigenvalue weighted by atomic mass is 9.47. The molecule has 50 heavy (non-hydrogen) atoms. The Morgan fingerprint density at radius 2 is 1.64 bits per heavy atom. The first kappa shape index (κ1) is 36.2. The first-order chi connectivity index (χ1) is 23.8. The van der Waals surface area contributed by atoms with Crippen molar-refractivity contribution in [2.24, 2.45) is 46.3 Å². The molecule has 20 atom stereocenters. The van der Waals surface area contributed by atoms with E-state index >= 15 is 0 Å². The molecular formula is C38H60O12. The van der Waals surface area contributed by atoms with Crippen molar-refractivity contribution in [3.63, 3.8) is 0 Å². The average molecular weight is 709 g/mol. The van der Waals surface area contributed by atoms with Crippen LogP contribution in [0.3, 0.4) is 0 Å². The maximum Gasteiger partial charge on any atom is 0.186 e. The van der Waals surface area contributed by atoms with Crippen LogP contribution in [0, 0.1) is 46.3 Å². The van der Waals surface area contributed by atoms with Crippen molar-refractivity contribution in [3.05, 3.63) is 11.6 Å². The van der Waals surface area contributed by atoms with Gasteiger partial charge in [0.15, 0.2) is 18.4 Å². The molecule has 8 rings (SSSR count). The Kier molecular flexibility index (Phi) is 9.59. The fourth-order valence-electron chi connectivity index (χ4n) is 12.3. The summed E-state index contributed by atoms with van der Waals surface area (Å²) in [6.45, 7) is 9.66. The maximum atomic E-state index is 11.1. The van der Waals surface area contributed by atoms with Gasteiger partial charge in [0.25, 0.3) is 0 Å². The predicted octanol–water partition coefficient (Wildman–Crippen LogP) is 2.00. The van der Waals surface area contributed by atoms with E-state index in [1.807, 2.05) is 0 Å². The highest BCUT2D eigenvalue weighted by Gasteiger charge is 2.68. The molecule has 8 aliphatic rings. The Morgan fingerprint density at radius 3 is 2.38 bits per heavy atom. The van der Waals surface area contributed by atoms with Gasteiger partial charge in [-0.15, -0.1) is 0 Å². The van der Waals surface area contributed by atoms with Crippen molar-refractivity contribution in [2.75, 3.05) is 19.8 Å². The van der Waals surface area contributed by atoms with E-state index in [9.17, 15) is 30.6 Å². The fourth-order valence-corrected chi connectivity index (χ4v) is 12.3. The molecule has 0 aromatic carbocycles. The summed E-state index contributed by atoms with van der Waals surface area (Å²) in [4.78, 5) is 0. The molecule has 0 unspecified atom stereocenters. The number of rotatable bonds is 5. The summed E-state index contributed by atoms with van der Waals surface area (Å²) in [5, 5.41) is 62.4. The molecule has 0 radical (unpaired) electrons. The van der Waals surface area contributed by atoms with Crippen LogP contribution in [0.15, 0.2) is 11.6 Å². The van der Waals surface area contributed by atoms with Crippen LogP contribution in [0.4, 0.5) is 0 Å². The summed E-state index contributed by atoms with van der Waals surface area (Å²) >= 11 is 0. The second kappa shape index (κ2) is 13.2. The molecule has 12 heteroatoms. The van der Waals surface area contributed by atoms with E-state index in [0.29, 0.717) is 35.5 Å². The summed E-state index contributed by atoms with van der Waals surface area (Å²) in [5.41, 5.74) is 1.75. The summed E-state index contributed by atoms with van der Waals surface area (Å²) in [5.74, 6) is 3.00. The van der Waals surface area contributed by atoms with E-state index in [4.69, 9.17) is 28.4 Å². The standard InChI is InChI=1S/C38H60O12/c1-18-7-12-38(46-16-18)19(2)28-26(50-38)14-24-22-6-5-20-13-21(8-10-36(20,3)23(22)9-11-37(24,28)4)47-35-32(44)30(42)33(27(15-39)48-35)49-34-31(43)29(41)25(40)17-45-34/h5,18-19,21-35,39-44H,6-17H2,1-4H3/t18-,19+,21+,22-,23+,24+,25-,26+,27-,28+,29+,30-,31-,32-,33-,34+,35-,36+,37+,38-/m0/s1. The lowest BCUT2D eigenvalue weighted by Gasteiger charge is -2.58. The van der Waals surface area contributed by atoms with E-state index < -0.39 is 67.7 Å². The SMILES string of the molecule is C[C@H]1CC[C@]2(OC1)O[C@@H]1C[C@@H]3[C@H]4CC=C5C[C@H](O[C@H]6O[C@@H](CO)[C@H](O[C@H]7OC[C@H](O)[C@@H](O)[C@@H]7O)[C@@H](O)[C@@H]6O)CC[C@@]5(C)[C@@H]4CC[C@@]3(C)[C@@H]1[C@H]2C. The summed E-state index contributed by atoms with van der Waals surface area (Å²) in [7, 11) is 0. The molecule has 6 N–H and O–H groups in total. The molecule has 0 amide bonds. The van der Waals surface area contributed by atoms with Crippen LogP contribution in [0.5, 0.6) is 0 Å². The van der Waals surface area contributed by atoms with Gasteiger partial charge in [-0.1, -0.05) is 39.3 Å². The van der Waals surface area contributed by atoms with E-state index in [1.165, 1.54) is 24.8 Å². The third kappa shape index (κ3) is 5.61. The third-order valence-electron chi connectivity index (χ3n) is 15.2. The van der Waals surface area contributed by atoms with Gasteiger partial charge in [0.05, 0.1) is 32.0 Å². The van der Waals surface area contributed by atoms with Crippen LogP contribution in [0.25, 0.3) is 0 Å². The number of ether oxygens (including phenoxy) is 6. The molecule has 0 bridgehead atoms. The van der Waals surface area contributed by atoms with Crippen LogP contribution in [-0.4, -0.2) is 124 Å². The van der Waals surface area contributed by atoms with Gasteiger partial charge in [-0.25, -0.2) is 0 Å². The summed E-state index contributed by atoms with van der Waals surface area (Å²) in [6, 6.07) is 0. The van der Waals surface area contributed by atoms with Gasteiger partial charge in [0.1, 0.15) is 42.7 Å². The Hall–Kier alpha value is -0.740. The van der Waals surface area contributed by atoms with E-state index in [-0.39, 0.29) is 29.6 Å². The minimum absolute atomic E-state index is 0.0786. The zero-order chi connectivity index (χ0) is 35.3. The second-order valence-corrected chi connectivity index (χ2v) is 17.8. The quantitative estimate of drug-likeness (QED) is 0.230. The lowest BCUT2D eigenvalue weighted by molar-refractivity contribution is -0.353. The predicted molar refractivity (Wildman–Crippen MR) is 177 cm³/mol. The zero-order valence-electron chi connectivity index (χ0n) is 30.0. The monoisotopic (exact) mass is 708 g/mol. The number of hydrogen-bond donors (Lipinski definition) is 6. The van der Waals surface area contributed by atoms with Crippen molar-refractivity contribution in [1.82, 2.24) is 0 Å². The second-order valence-electron chi connectivity index (χ2n) is 17.8. The zero-order valence-corrected chi connectivity index (χ0v) is 30.0. The van der Waals surface area contributed by atoms with Gasteiger partial charge in [-0.05, 0) is 91.8 Å².